The van der Waals surface area contributed by atoms with Crippen LogP contribution in [0.25, 0.3) is 0 Å². The standard InChI is InChI=1S/C20H28N4O3S/c1-13-6-9-16(28(26,27)23-20(3,4)5)10-17(13)19(25)22-18-14(2)11-21-24(18)12-15-7-8-15/h6,9-11,15,23H,7-8,12H2,1-5H3,(H,22,25). The number of carbonyl (C=O) groups is 1. The van der Waals surface area contributed by atoms with Gasteiger partial charge in [-0.05, 0) is 71.1 Å². The van der Waals surface area contributed by atoms with Gasteiger partial charge in [0, 0.05) is 23.2 Å². The number of sulfonamides is 1. The van der Waals surface area contributed by atoms with Crippen LogP contribution in [0.3, 0.4) is 0 Å². The van der Waals surface area contributed by atoms with Crippen molar-refractivity contribution >= 4 is 21.7 Å². The summed E-state index contributed by atoms with van der Waals surface area (Å²) in [6, 6.07) is 4.60. The first-order valence-corrected chi connectivity index (χ1v) is 10.9. The molecule has 1 aromatic heterocycles. The number of aromatic nitrogens is 2. The van der Waals surface area contributed by atoms with E-state index in [0.717, 1.165) is 12.1 Å². The predicted molar refractivity (Wildman–Crippen MR) is 109 cm³/mol. The van der Waals surface area contributed by atoms with Crippen LogP contribution in [-0.2, 0) is 16.6 Å². The molecule has 0 bridgehead atoms. The number of rotatable bonds is 6. The van der Waals surface area contributed by atoms with Crippen LogP contribution in [0.4, 0.5) is 5.82 Å². The van der Waals surface area contributed by atoms with Crippen molar-refractivity contribution < 1.29 is 13.2 Å². The van der Waals surface area contributed by atoms with E-state index in [0.29, 0.717) is 22.9 Å². The predicted octanol–water partition coefficient (Wildman–Crippen LogP) is 3.24. The molecule has 1 aliphatic carbocycles. The van der Waals surface area contributed by atoms with Gasteiger partial charge in [0.2, 0.25) is 10.0 Å². The Labute approximate surface area is 166 Å². The first-order chi connectivity index (χ1) is 13.0. The molecule has 1 amide bonds. The largest absolute Gasteiger partial charge is 0.307 e. The summed E-state index contributed by atoms with van der Waals surface area (Å²) in [4.78, 5) is 13.0. The Bertz CT molecular complexity index is 999. The van der Waals surface area contributed by atoms with Crippen molar-refractivity contribution in [2.45, 2.75) is 64.4 Å². The number of hydrogen-bond donors (Lipinski definition) is 2. The smallest absolute Gasteiger partial charge is 0.257 e. The van der Waals surface area contributed by atoms with E-state index < -0.39 is 15.6 Å². The molecule has 0 spiro atoms. The van der Waals surface area contributed by atoms with Gasteiger partial charge in [-0.25, -0.2) is 17.8 Å². The Kier molecular flexibility index (Phi) is 5.38. The van der Waals surface area contributed by atoms with Crippen molar-refractivity contribution in [1.29, 1.82) is 0 Å². The quantitative estimate of drug-likeness (QED) is 0.773. The van der Waals surface area contributed by atoms with Crippen LogP contribution >= 0.6 is 0 Å². The lowest BCUT2D eigenvalue weighted by molar-refractivity contribution is 0.102. The second kappa shape index (κ2) is 7.33. The summed E-state index contributed by atoms with van der Waals surface area (Å²) in [6.07, 6.45) is 4.11. The zero-order valence-corrected chi connectivity index (χ0v) is 17.9. The van der Waals surface area contributed by atoms with Crippen molar-refractivity contribution in [3.63, 3.8) is 0 Å². The van der Waals surface area contributed by atoms with Gasteiger partial charge in [0.1, 0.15) is 5.82 Å². The molecular weight excluding hydrogens is 376 g/mol. The molecule has 0 unspecified atom stereocenters. The number of anilines is 1. The van der Waals surface area contributed by atoms with Crippen molar-refractivity contribution in [2.24, 2.45) is 5.92 Å². The Morgan fingerprint density at radius 2 is 1.89 bits per heavy atom. The highest BCUT2D eigenvalue weighted by Crippen LogP contribution is 2.32. The Morgan fingerprint density at radius 3 is 2.50 bits per heavy atom. The highest BCUT2D eigenvalue weighted by molar-refractivity contribution is 7.89. The Balaban J connectivity index is 1.87. The minimum absolute atomic E-state index is 0.0707. The molecule has 28 heavy (non-hydrogen) atoms. The monoisotopic (exact) mass is 404 g/mol. The highest BCUT2D eigenvalue weighted by atomic mass is 32.2. The molecule has 2 N–H and O–H groups in total. The molecule has 7 nitrogen and oxygen atoms in total. The second-order valence-corrected chi connectivity index (χ2v) is 10.3. The third-order valence-electron chi connectivity index (χ3n) is 4.59. The maximum atomic E-state index is 12.9. The molecule has 1 heterocycles. The summed E-state index contributed by atoms with van der Waals surface area (Å²) >= 11 is 0. The van der Waals surface area contributed by atoms with E-state index in [9.17, 15) is 13.2 Å². The fourth-order valence-electron chi connectivity index (χ4n) is 2.98. The summed E-state index contributed by atoms with van der Waals surface area (Å²) in [5.41, 5.74) is 1.30. The number of benzene rings is 1. The van der Waals surface area contributed by atoms with Crippen LogP contribution in [0.2, 0.25) is 0 Å². The van der Waals surface area contributed by atoms with Gasteiger partial charge in [0.25, 0.3) is 5.91 Å². The number of amides is 1. The number of carbonyl (C=O) groups excluding carboxylic acids is 1. The van der Waals surface area contributed by atoms with Gasteiger partial charge in [-0.15, -0.1) is 0 Å². The topological polar surface area (TPSA) is 93.1 Å². The van der Waals surface area contributed by atoms with Crippen molar-refractivity contribution in [3.8, 4) is 0 Å². The molecule has 0 atom stereocenters. The lowest BCUT2D eigenvalue weighted by Gasteiger charge is -2.20. The average molecular weight is 405 g/mol. The molecule has 1 aliphatic rings. The van der Waals surface area contributed by atoms with Gasteiger partial charge in [0.15, 0.2) is 0 Å². The summed E-state index contributed by atoms with van der Waals surface area (Å²) < 4.78 is 29.7. The van der Waals surface area contributed by atoms with Gasteiger partial charge >= 0.3 is 0 Å². The van der Waals surface area contributed by atoms with E-state index in [4.69, 9.17) is 0 Å². The second-order valence-electron chi connectivity index (χ2n) is 8.59. The Hall–Kier alpha value is -2.19. The first-order valence-electron chi connectivity index (χ1n) is 9.45. The fourth-order valence-corrected chi connectivity index (χ4v) is 4.42. The van der Waals surface area contributed by atoms with E-state index in [1.165, 1.54) is 25.0 Å². The lowest BCUT2D eigenvalue weighted by atomic mass is 10.1. The number of nitrogens with zero attached hydrogens (tertiary/aromatic N) is 2. The van der Waals surface area contributed by atoms with Crippen molar-refractivity contribution in [1.82, 2.24) is 14.5 Å². The van der Waals surface area contributed by atoms with Crippen molar-refractivity contribution in [2.75, 3.05) is 5.32 Å². The van der Waals surface area contributed by atoms with Crippen LogP contribution in [0, 0.1) is 19.8 Å². The van der Waals surface area contributed by atoms with E-state index in [-0.39, 0.29) is 10.8 Å². The average Bonchev–Trinajstić information content (AvgIpc) is 3.32. The van der Waals surface area contributed by atoms with E-state index >= 15 is 0 Å². The van der Waals surface area contributed by atoms with Crippen LogP contribution < -0.4 is 10.0 Å². The molecule has 0 aliphatic heterocycles. The normalized spacial score (nSPS) is 14.9. The summed E-state index contributed by atoms with van der Waals surface area (Å²) in [6.45, 7) is 9.79. The van der Waals surface area contributed by atoms with Crippen LogP contribution in [-0.4, -0.2) is 29.6 Å². The summed E-state index contributed by atoms with van der Waals surface area (Å²) in [5.74, 6) is 0.942. The maximum Gasteiger partial charge on any atom is 0.257 e. The summed E-state index contributed by atoms with van der Waals surface area (Å²) in [7, 11) is -3.72. The zero-order chi connectivity index (χ0) is 20.7. The maximum absolute atomic E-state index is 12.9. The third-order valence-corrected chi connectivity index (χ3v) is 6.34. The molecule has 2 aromatic rings. The Morgan fingerprint density at radius 1 is 1.21 bits per heavy atom. The molecular formula is C20H28N4O3S. The number of hydrogen-bond acceptors (Lipinski definition) is 4. The van der Waals surface area contributed by atoms with Gasteiger partial charge in [0.05, 0.1) is 11.1 Å². The van der Waals surface area contributed by atoms with Crippen LogP contribution in [0.15, 0.2) is 29.3 Å². The molecule has 1 fully saturated rings. The van der Waals surface area contributed by atoms with Gasteiger partial charge in [-0.3, -0.25) is 4.79 Å². The molecule has 0 saturated heterocycles. The SMILES string of the molecule is Cc1ccc(S(=O)(=O)NC(C)(C)C)cc1C(=O)Nc1c(C)cnn1CC1CC1. The minimum atomic E-state index is -3.72. The van der Waals surface area contributed by atoms with Gasteiger partial charge < -0.3 is 5.32 Å². The molecule has 152 valence electrons. The van der Waals surface area contributed by atoms with Gasteiger partial charge in [-0.2, -0.15) is 5.10 Å². The molecule has 3 rings (SSSR count). The van der Waals surface area contributed by atoms with E-state index in [1.807, 2.05) is 11.6 Å². The molecule has 8 heteroatoms. The molecule has 1 aromatic carbocycles. The number of aryl methyl sites for hydroxylation is 2. The highest BCUT2D eigenvalue weighted by Gasteiger charge is 2.26. The van der Waals surface area contributed by atoms with Gasteiger partial charge in [-0.1, -0.05) is 6.07 Å². The molecule has 0 radical (unpaired) electrons. The fraction of sp³-hybridized carbons (Fsp3) is 0.500. The number of nitrogens with one attached hydrogen (secondary N) is 2. The zero-order valence-electron chi connectivity index (χ0n) is 17.0. The van der Waals surface area contributed by atoms with E-state index in [2.05, 4.69) is 15.1 Å². The molecule has 1 saturated carbocycles. The third kappa shape index (κ3) is 4.80. The van der Waals surface area contributed by atoms with Crippen LogP contribution in [0.1, 0.15) is 55.1 Å². The lowest BCUT2D eigenvalue weighted by Crippen LogP contribution is -2.40. The van der Waals surface area contributed by atoms with Crippen molar-refractivity contribution in [3.05, 3.63) is 41.1 Å². The van der Waals surface area contributed by atoms with E-state index in [1.54, 1.807) is 40.0 Å². The minimum Gasteiger partial charge on any atom is -0.307 e. The van der Waals surface area contributed by atoms with Crippen LogP contribution in [0.5, 0.6) is 0 Å². The summed E-state index contributed by atoms with van der Waals surface area (Å²) in [5, 5.41) is 7.28. The first kappa shape index (κ1) is 20.5.